The fraction of sp³-hybridized carbons (Fsp3) is 0.318. The molecule has 0 saturated carbocycles. The van der Waals surface area contributed by atoms with Crippen LogP contribution in [0.2, 0.25) is 0 Å². The highest BCUT2D eigenvalue weighted by Gasteiger charge is 2.15. The molecule has 0 radical (unpaired) electrons. The Morgan fingerprint density at radius 2 is 1.84 bits per heavy atom. The van der Waals surface area contributed by atoms with Gasteiger partial charge in [0.2, 0.25) is 5.91 Å². The van der Waals surface area contributed by atoms with Crippen LogP contribution in [0.15, 0.2) is 51.4 Å². The Kier molecular flexibility index (Phi) is 7.55. The SMILES string of the molecule is CCN(CC)Cc1ccc(C(=O)NNC(=O)CCc2ncc(-c3ccccc3F)o2)o1. The van der Waals surface area contributed by atoms with E-state index in [1.165, 1.54) is 12.3 Å². The molecule has 2 N–H and O–H groups in total. The predicted octanol–water partition coefficient (Wildman–Crippen LogP) is 3.31. The number of nitrogens with one attached hydrogen (secondary N) is 2. The number of rotatable bonds is 9. The number of hydrazine groups is 1. The molecular weight excluding hydrogens is 403 g/mol. The number of benzene rings is 1. The molecule has 0 atom stereocenters. The van der Waals surface area contributed by atoms with Gasteiger partial charge >= 0.3 is 5.91 Å². The lowest BCUT2D eigenvalue weighted by Gasteiger charge is -2.15. The molecule has 0 aliphatic rings. The molecule has 2 amide bonds. The van der Waals surface area contributed by atoms with Crippen LogP contribution in [-0.2, 0) is 17.8 Å². The van der Waals surface area contributed by atoms with Crippen molar-refractivity contribution in [3.63, 3.8) is 0 Å². The molecule has 2 aromatic heterocycles. The van der Waals surface area contributed by atoms with Crippen molar-refractivity contribution >= 4 is 11.8 Å². The van der Waals surface area contributed by atoms with Crippen LogP contribution in [0.5, 0.6) is 0 Å². The molecule has 3 aromatic rings. The van der Waals surface area contributed by atoms with Crippen molar-refractivity contribution in [1.29, 1.82) is 0 Å². The standard InChI is InChI=1S/C22H25FN4O4/c1-3-27(4-2)14-15-9-10-18(30-15)22(29)26-25-20(28)11-12-21-24-13-19(31-21)16-7-5-6-8-17(16)23/h5-10,13H,3-4,11-12,14H2,1-2H3,(H,25,28)(H,26,29). The average molecular weight is 428 g/mol. The summed E-state index contributed by atoms with van der Waals surface area (Å²) in [5, 5.41) is 0. The van der Waals surface area contributed by atoms with Crippen LogP contribution < -0.4 is 10.9 Å². The van der Waals surface area contributed by atoms with Crippen molar-refractivity contribution in [3.8, 4) is 11.3 Å². The second-order valence-corrected chi connectivity index (χ2v) is 6.83. The molecule has 0 bridgehead atoms. The first-order chi connectivity index (χ1) is 15.0. The van der Waals surface area contributed by atoms with Crippen molar-refractivity contribution in [1.82, 2.24) is 20.7 Å². The number of halogens is 1. The van der Waals surface area contributed by atoms with Gasteiger partial charge in [0.05, 0.1) is 18.3 Å². The van der Waals surface area contributed by atoms with Gasteiger partial charge in [0.15, 0.2) is 17.4 Å². The molecule has 0 unspecified atom stereocenters. The first-order valence-electron chi connectivity index (χ1n) is 10.1. The van der Waals surface area contributed by atoms with Crippen molar-refractivity contribution in [2.24, 2.45) is 0 Å². The third-order valence-corrected chi connectivity index (χ3v) is 4.73. The zero-order chi connectivity index (χ0) is 22.2. The maximum Gasteiger partial charge on any atom is 0.305 e. The van der Waals surface area contributed by atoms with Crippen molar-refractivity contribution in [2.45, 2.75) is 33.2 Å². The van der Waals surface area contributed by atoms with Gasteiger partial charge in [-0.2, -0.15) is 0 Å². The maximum absolute atomic E-state index is 13.8. The van der Waals surface area contributed by atoms with Crippen molar-refractivity contribution in [2.75, 3.05) is 13.1 Å². The van der Waals surface area contributed by atoms with Gasteiger partial charge in [-0.15, -0.1) is 0 Å². The minimum atomic E-state index is -0.544. The summed E-state index contributed by atoms with van der Waals surface area (Å²) in [6.07, 6.45) is 1.65. The lowest BCUT2D eigenvalue weighted by atomic mass is 10.2. The van der Waals surface area contributed by atoms with Gasteiger partial charge in [-0.1, -0.05) is 26.0 Å². The number of carbonyl (C=O) groups excluding carboxylic acids is 2. The monoisotopic (exact) mass is 428 g/mol. The van der Waals surface area contributed by atoms with Gasteiger partial charge < -0.3 is 8.83 Å². The van der Waals surface area contributed by atoms with Crippen molar-refractivity contribution < 1.29 is 22.8 Å². The minimum Gasteiger partial charge on any atom is -0.454 e. The van der Waals surface area contributed by atoms with Gasteiger partial charge in [-0.05, 0) is 37.4 Å². The van der Waals surface area contributed by atoms with Crippen LogP contribution in [0, 0.1) is 5.82 Å². The molecule has 9 heteroatoms. The molecule has 0 saturated heterocycles. The number of aromatic nitrogens is 1. The molecule has 0 aliphatic carbocycles. The van der Waals surface area contributed by atoms with E-state index in [9.17, 15) is 14.0 Å². The van der Waals surface area contributed by atoms with E-state index in [1.807, 2.05) is 0 Å². The second kappa shape index (κ2) is 10.5. The first kappa shape index (κ1) is 22.2. The molecule has 0 fully saturated rings. The number of furan rings is 1. The van der Waals surface area contributed by atoms with Gasteiger partial charge in [0.1, 0.15) is 11.6 Å². The Labute approximate surface area is 179 Å². The zero-order valence-electron chi connectivity index (χ0n) is 17.5. The van der Waals surface area contributed by atoms with Gasteiger partial charge in [-0.25, -0.2) is 9.37 Å². The number of aryl methyl sites for hydroxylation is 1. The van der Waals surface area contributed by atoms with E-state index in [2.05, 4.69) is 34.6 Å². The van der Waals surface area contributed by atoms with Crippen LogP contribution in [-0.4, -0.2) is 34.8 Å². The van der Waals surface area contributed by atoms with E-state index >= 15 is 0 Å². The van der Waals surface area contributed by atoms with E-state index in [0.29, 0.717) is 29.5 Å². The summed E-state index contributed by atoms with van der Waals surface area (Å²) in [7, 11) is 0. The number of hydrogen-bond donors (Lipinski definition) is 2. The number of oxazole rings is 1. The Bertz CT molecular complexity index is 1030. The van der Waals surface area contributed by atoms with E-state index in [-0.39, 0.29) is 18.6 Å². The Morgan fingerprint density at radius 1 is 1.06 bits per heavy atom. The fourth-order valence-corrected chi connectivity index (χ4v) is 2.93. The summed E-state index contributed by atoms with van der Waals surface area (Å²) in [4.78, 5) is 30.4. The minimum absolute atomic E-state index is 0.0306. The Balaban J connectivity index is 1.45. The third kappa shape index (κ3) is 6.02. The molecular formula is C22H25FN4O4. The predicted molar refractivity (Wildman–Crippen MR) is 111 cm³/mol. The fourth-order valence-electron chi connectivity index (χ4n) is 2.93. The highest BCUT2D eigenvalue weighted by atomic mass is 19.1. The lowest BCUT2D eigenvalue weighted by Crippen LogP contribution is -2.41. The summed E-state index contributed by atoms with van der Waals surface area (Å²) < 4.78 is 24.9. The Morgan fingerprint density at radius 3 is 2.58 bits per heavy atom. The number of hydrogen-bond acceptors (Lipinski definition) is 6. The van der Waals surface area contributed by atoms with Crippen LogP contribution in [0.1, 0.15) is 42.5 Å². The van der Waals surface area contributed by atoms with Crippen molar-refractivity contribution in [3.05, 3.63) is 65.8 Å². The molecule has 1 aromatic carbocycles. The first-order valence-corrected chi connectivity index (χ1v) is 10.1. The number of carbonyl (C=O) groups is 2. The van der Waals surface area contributed by atoms with Crippen LogP contribution in [0.4, 0.5) is 4.39 Å². The van der Waals surface area contributed by atoms with Gasteiger partial charge in [-0.3, -0.25) is 25.3 Å². The molecule has 2 heterocycles. The average Bonchev–Trinajstić information content (AvgIpc) is 3.44. The number of amides is 2. The van der Waals surface area contributed by atoms with E-state index < -0.39 is 17.6 Å². The highest BCUT2D eigenvalue weighted by molar-refractivity contribution is 5.92. The van der Waals surface area contributed by atoms with Crippen LogP contribution >= 0.6 is 0 Å². The normalized spacial score (nSPS) is 11.0. The van der Waals surface area contributed by atoms with E-state index in [4.69, 9.17) is 8.83 Å². The van der Waals surface area contributed by atoms with E-state index in [1.54, 1.807) is 30.3 Å². The number of nitrogens with zero attached hydrogens (tertiary/aromatic N) is 2. The molecule has 164 valence electrons. The maximum atomic E-state index is 13.8. The molecule has 0 aliphatic heterocycles. The van der Waals surface area contributed by atoms with E-state index in [0.717, 1.165) is 13.1 Å². The van der Waals surface area contributed by atoms with Gasteiger partial charge in [0.25, 0.3) is 0 Å². The smallest absolute Gasteiger partial charge is 0.305 e. The quantitative estimate of drug-likeness (QED) is 0.507. The lowest BCUT2D eigenvalue weighted by molar-refractivity contribution is -0.121. The third-order valence-electron chi connectivity index (χ3n) is 4.73. The van der Waals surface area contributed by atoms with Crippen LogP contribution in [0.3, 0.4) is 0 Å². The van der Waals surface area contributed by atoms with Gasteiger partial charge in [0, 0.05) is 12.8 Å². The summed E-state index contributed by atoms with van der Waals surface area (Å²) >= 11 is 0. The highest BCUT2D eigenvalue weighted by Crippen LogP contribution is 2.23. The molecule has 8 nitrogen and oxygen atoms in total. The molecule has 3 rings (SSSR count). The molecule has 0 spiro atoms. The topological polar surface area (TPSA) is 101 Å². The largest absolute Gasteiger partial charge is 0.454 e. The van der Waals surface area contributed by atoms with Crippen LogP contribution in [0.25, 0.3) is 11.3 Å². The summed E-state index contributed by atoms with van der Waals surface area (Å²) in [6, 6.07) is 9.51. The summed E-state index contributed by atoms with van der Waals surface area (Å²) in [5.41, 5.74) is 4.96. The summed E-state index contributed by atoms with van der Waals surface area (Å²) in [5.74, 6) is 0.00114. The summed E-state index contributed by atoms with van der Waals surface area (Å²) in [6.45, 7) is 6.46. The molecule has 31 heavy (non-hydrogen) atoms. The zero-order valence-corrected chi connectivity index (χ0v) is 17.5. The Hall–Kier alpha value is -3.46. The second-order valence-electron chi connectivity index (χ2n) is 6.83.